The maximum atomic E-state index is 5.60. The zero-order valence-corrected chi connectivity index (χ0v) is 19.1. The Morgan fingerprint density at radius 2 is 1.67 bits per heavy atom. The van der Waals surface area contributed by atoms with Crippen molar-refractivity contribution in [2.24, 2.45) is 5.92 Å². The van der Waals surface area contributed by atoms with Crippen LogP contribution in [0.5, 0.6) is 0 Å². The molecule has 1 heterocycles. The largest absolute Gasteiger partial charge is 0.363 e. The fourth-order valence-electron chi connectivity index (χ4n) is 3.44. The Morgan fingerprint density at radius 3 is 2.37 bits per heavy atom. The molecule has 0 aromatic rings. The van der Waals surface area contributed by atoms with Gasteiger partial charge in [-0.15, -0.1) is 5.92 Å². The van der Waals surface area contributed by atoms with Gasteiger partial charge in [0.05, 0.1) is 5.60 Å². The molecule has 1 aliphatic rings. The number of nitrogens with zero attached hydrogens (tertiary/aromatic N) is 1. The smallest absolute Gasteiger partial charge is 0.108 e. The zero-order chi connectivity index (χ0) is 20.2. The third-order valence-corrected chi connectivity index (χ3v) is 5.00. The van der Waals surface area contributed by atoms with Gasteiger partial charge >= 0.3 is 0 Å². The highest BCUT2D eigenvalue weighted by molar-refractivity contribution is 4.99. The molecular formula is C24H46N2O. The number of hydrogen-bond acceptors (Lipinski definition) is 3. The van der Waals surface area contributed by atoms with Crippen LogP contribution in [-0.4, -0.2) is 48.8 Å². The van der Waals surface area contributed by atoms with Crippen LogP contribution < -0.4 is 5.32 Å². The number of hydrogen-bond donors (Lipinski definition) is 1. The van der Waals surface area contributed by atoms with Gasteiger partial charge in [-0.05, 0) is 92.8 Å². The summed E-state index contributed by atoms with van der Waals surface area (Å²) in [6, 6.07) is 0. The zero-order valence-electron chi connectivity index (χ0n) is 19.1. The van der Waals surface area contributed by atoms with Crippen LogP contribution in [0.15, 0.2) is 0 Å². The van der Waals surface area contributed by atoms with E-state index < -0.39 is 0 Å². The molecule has 0 aromatic heterocycles. The maximum absolute atomic E-state index is 5.60. The van der Waals surface area contributed by atoms with Crippen LogP contribution in [0.2, 0.25) is 0 Å². The molecule has 1 atom stereocenters. The van der Waals surface area contributed by atoms with Crippen LogP contribution in [-0.2, 0) is 4.74 Å². The van der Waals surface area contributed by atoms with Crippen LogP contribution in [0.25, 0.3) is 0 Å². The first kappa shape index (κ1) is 24.5. The van der Waals surface area contributed by atoms with Crippen LogP contribution in [0, 0.1) is 17.8 Å². The molecule has 0 bridgehead atoms. The first-order valence-electron chi connectivity index (χ1n) is 11.2. The van der Waals surface area contributed by atoms with Crippen molar-refractivity contribution in [1.82, 2.24) is 10.2 Å². The molecule has 1 N–H and O–H groups in total. The first-order valence-corrected chi connectivity index (χ1v) is 11.2. The van der Waals surface area contributed by atoms with E-state index in [-0.39, 0.29) is 11.1 Å². The van der Waals surface area contributed by atoms with Crippen molar-refractivity contribution in [2.75, 3.05) is 32.8 Å². The first-order chi connectivity index (χ1) is 12.7. The lowest BCUT2D eigenvalue weighted by Crippen LogP contribution is -2.44. The third kappa shape index (κ3) is 15.1. The van der Waals surface area contributed by atoms with Crippen molar-refractivity contribution in [2.45, 2.75) is 104 Å². The highest BCUT2D eigenvalue weighted by atomic mass is 16.5. The molecule has 3 nitrogen and oxygen atoms in total. The summed E-state index contributed by atoms with van der Waals surface area (Å²) in [5.74, 6) is 7.20. The van der Waals surface area contributed by atoms with Crippen LogP contribution in [0.4, 0.5) is 0 Å². The molecule has 1 aliphatic heterocycles. The van der Waals surface area contributed by atoms with Crippen LogP contribution >= 0.6 is 0 Å². The van der Waals surface area contributed by atoms with E-state index in [4.69, 9.17) is 4.74 Å². The summed E-state index contributed by atoms with van der Waals surface area (Å²) < 4.78 is 5.60. The second kappa shape index (κ2) is 12.8. The minimum absolute atomic E-state index is 0.0772. The molecule has 0 spiro atoms. The van der Waals surface area contributed by atoms with E-state index >= 15 is 0 Å². The molecule has 1 saturated heterocycles. The van der Waals surface area contributed by atoms with Crippen molar-refractivity contribution < 1.29 is 4.74 Å². The molecule has 3 heteroatoms. The fraction of sp³-hybridized carbons (Fsp3) is 0.917. The predicted octanol–water partition coefficient (Wildman–Crippen LogP) is 5.25. The van der Waals surface area contributed by atoms with Gasteiger partial charge in [0.25, 0.3) is 0 Å². The Balaban J connectivity index is 1.98. The highest BCUT2D eigenvalue weighted by Gasteiger charge is 2.21. The maximum Gasteiger partial charge on any atom is 0.108 e. The minimum atomic E-state index is -0.0772. The molecule has 0 radical (unpaired) electrons. The Kier molecular flexibility index (Phi) is 11.6. The van der Waals surface area contributed by atoms with E-state index in [0.717, 1.165) is 12.3 Å². The van der Waals surface area contributed by atoms with Gasteiger partial charge < -0.3 is 15.0 Å². The van der Waals surface area contributed by atoms with Crippen molar-refractivity contribution in [3.63, 3.8) is 0 Å². The predicted molar refractivity (Wildman–Crippen MR) is 118 cm³/mol. The van der Waals surface area contributed by atoms with Gasteiger partial charge in [0.15, 0.2) is 0 Å². The normalized spacial score (nSPS) is 19.0. The van der Waals surface area contributed by atoms with Gasteiger partial charge in [-0.3, -0.25) is 0 Å². The molecule has 0 amide bonds. The lowest BCUT2D eigenvalue weighted by atomic mass is 9.96. The monoisotopic (exact) mass is 378 g/mol. The summed E-state index contributed by atoms with van der Waals surface area (Å²) in [6.45, 7) is 18.6. The van der Waals surface area contributed by atoms with Crippen molar-refractivity contribution in [3.8, 4) is 11.8 Å². The van der Waals surface area contributed by atoms with Gasteiger partial charge in [-0.1, -0.05) is 25.2 Å². The number of unbranched alkanes of at least 4 members (excludes halogenated alkanes) is 5. The highest BCUT2D eigenvalue weighted by Crippen LogP contribution is 2.17. The molecule has 0 saturated carbocycles. The molecule has 1 rings (SSSR count). The van der Waals surface area contributed by atoms with Gasteiger partial charge in [0.2, 0.25) is 0 Å². The van der Waals surface area contributed by atoms with E-state index in [2.05, 4.69) is 63.6 Å². The summed E-state index contributed by atoms with van der Waals surface area (Å²) in [7, 11) is 0. The van der Waals surface area contributed by atoms with Crippen LogP contribution in [0.1, 0.15) is 92.9 Å². The molecule has 1 fully saturated rings. The molecule has 0 aliphatic carbocycles. The number of piperidine rings is 1. The third-order valence-electron chi connectivity index (χ3n) is 5.00. The standard InChI is InChI=1S/C24H46N2O/c1-23(2,3)25-20-22-16-15-18-26(21-22)17-13-11-9-7-8-10-12-14-19-27-24(4,5)6/h22,25H,7-11,13,15-21H2,1-6H3. The number of rotatable bonds is 10. The second-order valence-electron chi connectivity index (χ2n) is 10.2. The van der Waals surface area contributed by atoms with E-state index in [1.807, 2.05) is 0 Å². The average Bonchev–Trinajstić information content (AvgIpc) is 2.57. The Morgan fingerprint density at radius 1 is 0.963 bits per heavy atom. The van der Waals surface area contributed by atoms with Crippen molar-refractivity contribution in [3.05, 3.63) is 0 Å². The topological polar surface area (TPSA) is 24.5 Å². The lowest BCUT2D eigenvalue weighted by molar-refractivity contribution is 0.0181. The Hall–Kier alpha value is -0.560. The number of nitrogens with one attached hydrogen (secondary N) is 1. The summed E-state index contributed by atoms with van der Waals surface area (Å²) in [5, 5.41) is 3.68. The summed E-state index contributed by atoms with van der Waals surface area (Å²) in [6.07, 6.45) is 10.4. The van der Waals surface area contributed by atoms with Crippen LogP contribution in [0.3, 0.4) is 0 Å². The lowest BCUT2D eigenvalue weighted by Gasteiger charge is -2.34. The Bertz CT molecular complexity index is 436. The summed E-state index contributed by atoms with van der Waals surface area (Å²) in [5.41, 5.74) is 0.165. The molecule has 0 aromatic carbocycles. The van der Waals surface area contributed by atoms with Gasteiger partial charge in [-0.25, -0.2) is 0 Å². The van der Waals surface area contributed by atoms with E-state index in [1.54, 1.807) is 0 Å². The minimum Gasteiger partial charge on any atom is -0.363 e. The Labute approximate surface area is 170 Å². The SMILES string of the molecule is CC(C)(C)NCC1CCCN(CCCCCCCC#CCOC(C)(C)C)C1. The van der Waals surface area contributed by atoms with E-state index in [9.17, 15) is 0 Å². The van der Waals surface area contributed by atoms with E-state index in [0.29, 0.717) is 6.61 Å². The summed E-state index contributed by atoms with van der Waals surface area (Å²) >= 11 is 0. The van der Waals surface area contributed by atoms with Crippen molar-refractivity contribution >= 4 is 0 Å². The van der Waals surface area contributed by atoms with E-state index in [1.165, 1.54) is 71.1 Å². The molecule has 158 valence electrons. The number of likely N-dealkylation sites (tertiary alicyclic amines) is 1. The van der Waals surface area contributed by atoms with Gasteiger partial charge in [0.1, 0.15) is 6.61 Å². The van der Waals surface area contributed by atoms with Crippen molar-refractivity contribution in [1.29, 1.82) is 0 Å². The average molecular weight is 379 g/mol. The summed E-state index contributed by atoms with van der Waals surface area (Å²) in [4.78, 5) is 2.69. The quantitative estimate of drug-likeness (QED) is 0.415. The molecule has 27 heavy (non-hydrogen) atoms. The fourth-order valence-corrected chi connectivity index (χ4v) is 3.44. The van der Waals surface area contributed by atoms with Gasteiger partial charge in [0, 0.05) is 18.5 Å². The van der Waals surface area contributed by atoms with Gasteiger partial charge in [-0.2, -0.15) is 0 Å². The molecular weight excluding hydrogens is 332 g/mol. The number of ether oxygens (including phenoxy) is 1. The molecule has 1 unspecified atom stereocenters. The second-order valence-corrected chi connectivity index (χ2v) is 10.2.